The molecule has 1 aromatic rings. The number of rotatable bonds is 9. The summed E-state index contributed by atoms with van der Waals surface area (Å²) in [4.78, 5) is 11.6. The molecule has 4 heteroatoms. The summed E-state index contributed by atoms with van der Waals surface area (Å²) in [5.74, 6) is 1.64. The van der Waals surface area contributed by atoms with Gasteiger partial charge in [0.15, 0.2) is 0 Å². The van der Waals surface area contributed by atoms with Crippen molar-refractivity contribution in [3.63, 3.8) is 0 Å². The third kappa shape index (κ3) is 5.08. The third-order valence-electron chi connectivity index (χ3n) is 3.47. The Morgan fingerprint density at radius 2 is 1.85 bits per heavy atom. The van der Waals surface area contributed by atoms with E-state index in [2.05, 4.69) is 49.8 Å². The van der Waals surface area contributed by atoms with Crippen molar-refractivity contribution in [1.29, 1.82) is 0 Å². The first-order chi connectivity index (χ1) is 9.62. The lowest BCUT2D eigenvalue weighted by Gasteiger charge is -2.33. The van der Waals surface area contributed by atoms with Crippen LogP contribution < -0.4 is 10.2 Å². The molecule has 0 saturated heterocycles. The zero-order valence-corrected chi connectivity index (χ0v) is 13.7. The molecule has 0 bridgehead atoms. The first kappa shape index (κ1) is 16.9. The minimum atomic E-state index is 0.543. The average Bonchev–Trinajstić information content (AvgIpc) is 2.45. The van der Waals surface area contributed by atoms with Crippen LogP contribution >= 0.6 is 0 Å². The number of anilines is 1. The van der Waals surface area contributed by atoms with Gasteiger partial charge < -0.3 is 10.2 Å². The molecule has 0 amide bonds. The summed E-state index contributed by atoms with van der Waals surface area (Å²) < 4.78 is 0. The lowest BCUT2D eigenvalue weighted by molar-refractivity contribution is 0.501. The summed E-state index contributed by atoms with van der Waals surface area (Å²) >= 11 is 0. The number of hydrogen-bond donors (Lipinski definition) is 1. The molecular weight excluding hydrogens is 248 g/mol. The minimum Gasteiger partial charge on any atom is -0.352 e. The van der Waals surface area contributed by atoms with E-state index in [4.69, 9.17) is 4.98 Å². The topological polar surface area (TPSA) is 41.1 Å². The molecule has 4 nitrogen and oxygen atoms in total. The fourth-order valence-electron chi connectivity index (χ4n) is 2.42. The average molecular weight is 278 g/mol. The van der Waals surface area contributed by atoms with Gasteiger partial charge >= 0.3 is 0 Å². The molecule has 0 aliphatic heterocycles. The Labute approximate surface area is 124 Å². The molecule has 20 heavy (non-hydrogen) atoms. The highest BCUT2D eigenvalue weighted by atomic mass is 15.2. The van der Waals surface area contributed by atoms with E-state index in [1.807, 2.05) is 12.4 Å². The van der Waals surface area contributed by atoms with Crippen molar-refractivity contribution in [3.05, 3.63) is 18.1 Å². The van der Waals surface area contributed by atoms with Crippen LogP contribution in [0.25, 0.3) is 0 Å². The van der Waals surface area contributed by atoms with E-state index < -0.39 is 0 Å². The van der Waals surface area contributed by atoms with E-state index in [1.165, 1.54) is 0 Å². The maximum atomic E-state index is 4.78. The fraction of sp³-hybridized carbons (Fsp3) is 0.750. The molecule has 0 radical (unpaired) electrons. The molecule has 1 aromatic heterocycles. The summed E-state index contributed by atoms with van der Waals surface area (Å²) in [6.45, 7) is 13.9. The molecular formula is C16H30N4. The maximum absolute atomic E-state index is 4.78. The Balaban J connectivity index is 2.94. The van der Waals surface area contributed by atoms with Crippen molar-refractivity contribution in [2.45, 2.75) is 60.0 Å². The molecule has 0 atom stereocenters. The Morgan fingerprint density at radius 3 is 2.40 bits per heavy atom. The predicted octanol–water partition coefficient (Wildman–Crippen LogP) is 3.24. The van der Waals surface area contributed by atoms with Crippen LogP contribution in [-0.4, -0.2) is 29.1 Å². The first-order valence-corrected chi connectivity index (χ1v) is 7.90. The van der Waals surface area contributed by atoms with Crippen molar-refractivity contribution in [1.82, 2.24) is 15.3 Å². The van der Waals surface area contributed by atoms with Crippen LogP contribution in [0.2, 0.25) is 0 Å². The van der Waals surface area contributed by atoms with Gasteiger partial charge in [0.05, 0.1) is 11.9 Å². The molecule has 0 aliphatic carbocycles. The highest BCUT2D eigenvalue weighted by molar-refractivity contribution is 5.38. The van der Waals surface area contributed by atoms with Gasteiger partial charge in [-0.3, -0.25) is 4.98 Å². The largest absolute Gasteiger partial charge is 0.352 e. The zero-order chi connectivity index (χ0) is 15.0. The second-order valence-electron chi connectivity index (χ2n) is 5.67. The highest BCUT2D eigenvalue weighted by Crippen LogP contribution is 2.19. The summed E-state index contributed by atoms with van der Waals surface area (Å²) in [7, 11) is 0. The van der Waals surface area contributed by atoms with Crippen LogP contribution in [0.1, 0.15) is 53.2 Å². The number of nitrogens with one attached hydrogen (secondary N) is 1. The lowest BCUT2D eigenvalue weighted by Crippen LogP contribution is -2.38. The van der Waals surface area contributed by atoms with E-state index in [1.54, 1.807) is 0 Å². The summed E-state index contributed by atoms with van der Waals surface area (Å²) in [6.07, 6.45) is 6.04. The van der Waals surface area contributed by atoms with Gasteiger partial charge in [0.2, 0.25) is 0 Å². The van der Waals surface area contributed by atoms with Gasteiger partial charge in [0, 0.05) is 25.3 Å². The van der Waals surface area contributed by atoms with E-state index in [-0.39, 0.29) is 0 Å². The normalized spacial score (nSPS) is 11.3. The number of aromatic nitrogens is 2. The van der Waals surface area contributed by atoms with Gasteiger partial charge in [0.1, 0.15) is 5.82 Å². The molecule has 0 saturated carbocycles. The number of hydrogen-bond acceptors (Lipinski definition) is 4. The van der Waals surface area contributed by atoms with Crippen LogP contribution in [0, 0.1) is 5.92 Å². The van der Waals surface area contributed by atoms with Crippen LogP contribution in [0.5, 0.6) is 0 Å². The Hall–Kier alpha value is -1.16. The molecule has 0 aromatic carbocycles. The summed E-state index contributed by atoms with van der Waals surface area (Å²) in [5.41, 5.74) is 1.02. The smallest absolute Gasteiger partial charge is 0.147 e. The van der Waals surface area contributed by atoms with Crippen molar-refractivity contribution >= 4 is 5.82 Å². The van der Waals surface area contributed by atoms with Crippen molar-refractivity contribution in [2.75, 3.05) is 18.0 Å². The van der Waals surface area contributed by atoms with Gasteiger partial charge in [-0.05, 0) is 25.3 Å². The van der Waals surface area contributed by atoms with Gasteiger partial charge in [-0.15, -0.1) is 0 Å². The van der Waals surface area contributed by atoms with E-state index in [9.17, 15) is 0 Å². The molecule has 114 valence electrons. The van der Waals surface area contributed by atoms with E-state index in [0.29, 0.717) is 12.0 Å². The van der Waals surface area contributed by atoms with Gasteiger partial charge in [0.25, 0.3) is 0 Å². The monoisotopic (exact) mass is 278 g/mol. The standard InChI is InChI=1S/C16H30N4/c1-6-15(7-2)20(12-13(4)5)16-11-18-10-14(19-16)9-17-8-3/h10-11,13,15,17H,6-9,12H2,1-5H3. The molecule has 0 unspecified atom stereocenters. The Morgan fingerprint density at radius 1 is 1.15 bits per heavy atom. The lowest BCUT2D eigenvalue weighted by atomic mass is 10.1. The molecule has 0 spiro atoms. The fourth-order valence-corrected chi connectivity index (χ4v) is 2.42. The van der Waals surface area contributed by atoms with E-state index in [0.717, 1.165) is 44.0 Å². The minimum absolute atomic E-state index is 0.543. The second kappa shape index (κ2) is 8.90. The Kier molecular flexibility index (Phi) is 7.52. The SMILES string of the molecule is CCNCc1cncc(N(CC(C)C)C(CC)CC)n1. The van der Waals surface area contributed by atoms with Crippen LogP contribution in [-0.2, 0) is 6.54 Å². The summed E-state index contributed by atoms with van der Waals surface area (Å²) in [6, 6.07) is 0.543. The highest BCUT2D eigenvalue weighted by Gasteiger charge is 2.18. The quantitative estimate of drug-likeness (QED) is 0.753. The zero-order valence-electron chi connectivity index (χ0n) is 13.7. The first-order valence-electron chi connectivity index (χ1n) is 7.90. The van der Waals surface area contributed by atoms with Crippen molar-refractivity contribution in [3.8, 4) is 0 Å². The van der Waals surface area contributed by atoms with Gasteiger partial charge in [-0.1, -0.05) is 34.6 Å². The van der Waals surface area contributed by atoms with Crippen molar-refractivity contribution < 1.29 is 0 Å². The van der Waals surface area contributed by atoms with E-state index >= 15 is 0 Å². The van der Waals surface area contributed by atoms with Crippen LogP contribution in [0.3, 0.4) is 0 Å². The molecule has 1 N–H and O–H groups in total. The second-order valence-corrected chi connectivity index (χ2v) is 5.67. The molecule has 1 rings (SSSR count). The Bertz CT molecular complexity index is 374. The predicted molar refractivity (Wildman–Crippen MR) is 86.0 cm³/mol. The van der Waals surface area contributed by atoms with Gasteiger partial charge in [-0.25, -0.2) is 4.98 Å². The van der Waals surface area contributed by atoms with Gasteiger partial charge in [-0.2, -0.15) is 0 Å². The molecule has 0 aliphatic rings. The molecule has 1 heterocycles. The summed E-state index contributed by atoms with van der Waals surface area (Å²) in [5, 5.41) is 3.31. The van der Waals surface area contributed by atoms with Crippen molar-refractivity contribution in [2.24, 2.45) is 5.92 Å². The third-order valence-corrected chi connectivity index (χ3v) is 3.47. The number of nitrogens with zero attached hydrogens (tertiary/aromatic N) is 3. The maximum Gasteiger partial charge on any atom is 0.147 e. The van der Waals surface area contributed by atoms with Crippen LogP contribution in [0.15, 0.2) is 12.4 Å². The molecule has 0 fully saturated rings. The van der Waals surface area contributed by atoms with Crippen LogP contribution in [0.4, 0.5) is 5.82 Å².